The molecule has 2 rings (SSSR count). The minimum absolute atomic E-state index is 0.493. The van der Waals surface area contributed by atoms with Gasteiger partial charge in [-0.25, -0.2) is 0 Å². The first-order chi connectivity index (χ1) is 10.1. The third-order valence-corrected chi connectivity index (χ3v) is 4.21. The van der Waals surface area contributed by atoms with E-state index in [1.807, 2.05) is 25.1 Å². The number of hydrazone groups is 1. The zero-order valence-electron chi connectivity index (χ0n) is 13.7. The van der Waals surface area contributed by atoms with Crippen LogP contribution in [0.2, 0.25) is 0 Å². The number of methoxy groups -OCH3 is 2. The highest BCUT2D eigenvalue weighted by atomic mass is 16.5. The van der Waals surface area contributed by atoms with Gasteiger partial charge in [-0.2, -0.15) is 5.10 Å². The molecule has 1 aliphatic heterocycles. The second-order valence-electron chi connectivity index (χ2n) is 5.76. The van der Waals surface area contributed by atoms with Gasteiger partial charge in [-0.15, -0.1) is 0 Å². The average molecular weight is 290 g/mol. The molecule has 1 aromatic rings. The molecule has 0 amide bonds. The maximum absolute atomic E-state index is 5.47. The van der Waals surface area contributed by atoms with Crippen molar-refractivity contribution in [3.8, 4) is 11.5 Å². The van der Waals surface area contributed by atoms with Crippen molar-refractivity contribution >= 4 is 5.71 Å². The van der Waals surface area contributed by atoms with Crippen molar-refractivity contribution < 1.29 is 9.47 Å². The van der Waals surface area contributed by atoms with E-state index in [2.05, 4.69) is 18.9 Å². The Hall–Kier alpha value is -1.71. The summed E-state index contributed by atoms with van der Waals surface area (Å²) in [5.74, 6) is 1.59. The summed E-state index contributed by atoms with van der Waals surface area (Å²) in [4.78, 5) is 0. The second kappa shape index (κ2) is 6.83. The summed E-state index contributed by atoms with van der Waals surface area (Å²) in [5, 5.41) is 7.10. The van der Waals surface area contributed by atoms with Crippen LogP contribution < -0.4 is 9.47 Å². The van der Waals surface area contributed by atoms with Gasteiger partial charge >= 0.3 is 0 Å². The van der Waals surface area contributed by atoms with E-state index in [0.29, 0.717) is 12.1 Å². The van der Waals surface area contributed by atoms with Crippen LogP contribution in [0.1, 0.15) is 45.6 Å². The fraction of sp³-hybridized carbons (Fsp3) is 0.588. The van der Waals surface area contributed by atoms with E-state index in [1.165, 1.54) is 19.3 Å². The molecule has 1 aliphatic rings. The van der Waals surface area contributed by atoms with Gasteiger partial charge in [-0.3, -0.25) is 5.01 Å². The maximum Gasteiger partial charge on any atom is 0.131 e. The highest BCUT2D eigenvalue weighted by Crippen LogP contribution is 2.27. The Morgan fingerprint density at radius 2 is 1.81 bits per heavy atom. The molecule has 0 radical (unpaired) electrons. The summed E-state index contributed by atoms with van der Waals surface area (Å²) in [6, 6.07) is 6.84. The predicted octanol–water partition coefficient (Wildman–Crippen LogP) is 3.69. The van der Waals surface area contributed by atoms with E-state index >= 15 is 0 Å². The third kappa shape index (κ3) is 3.49. The monoisotopic (exact) mass is 290 g/mol. The lowest BCUT2D eigenvalue weighted by Gasteiger charge is -2.37. The van der Waals surface area contributed by atoms with Crippen molar-refractivity contribution in [2.24, 2.45) is 5.10 Å². The van der Waals surface area contributed by atoms with Gasteiger partial charge in [0, 0.05) is 23.7 Å². The van der Waals surface area contributed by atoms with Crippen LogP contribution in [0.15, 0.2) is 23.3 Å². The molecule has 0 aliphatic carbocycles. The molecule has 116 valence electrons. The molecule has 0 N–H and O–H groups in total. The van der Waals surface area contributed by atoms with E-state index in [9.17, 15) is 0 Å². The number of hydrogen-bond acceptors (Lipinski definition) is 4. The van der Waals surface area contributed by atoms with Gasteiger partial charge in [0.25, 0.3) is 0 Å². The van der Waals surface area contributed by atoms with E-state index in [-0.39, 0.29) is 0 Å². The van der Waals surface area contributed by atoms with Crippen LogP contribution in [0.3, 0.4) is 0 Å². The zero-order valence-corrected chi connectivity index (χ0v) is 13.7. The van der Waals surface area contributed by atoms with E-state index in [4.69, 9.17) is 14.6 Å². The zero-order chi connectivity index (χ0) is 15.4. The molecule has 1 aromatic carbocycles. The highest BCUT2D eigenvalue weighted by Gasteiger charge is 2.23. The summed E-state index contributed by atoms with van der Waals surface area (Å²) in [6.07, 6.45) is 3.71. The first-order valence-corrected chi connectivity index (χ1v) is 7.62. The van der Waals surface area contributed by atoms with Gasteiger partial charge in [-0.1, -0.05) is 0 Å². The molecule has 0 aromatic heterocycles. The van der Waals surface area contributed by atoms with E-state index in [1.54, 1.807) is 14.2 Å². The summed E-state index contributed by atoms with van der Waals surface area (Å²) in [6.45, 7) is 6.54. The summed E-state index contributed by atoms with van der Waals surface area (Å²) < 4.78 is 10.7. The molecule has 4 heteroatoms. The summed E-state index contributed by atoms with van der Waals surface area (Å²) in [7, 11) is 3.34. The van der Waals surface area contributed by atoms with Crippen molar-refractivity contribution in [1.29, 1.82) is 0 Å². The molecule has 2 atom stereocenters. The Labute approximate surface area is 127 Å². The van der Waals surface area contributed by atoms with Crippen LogP contribution in [0.5, 0.6) is 11.5 Å². The average Bonchev–Trinajstić information content (AvgIpc) is 2.50. The minimum Gasteiger partial charge on any atom is -0.497 e. The number of hydrogen-bond donors (Lipinski definition) is 0. The van der Waals surface area contributed by atoms with Gasteiger partial charge in [0.1, 0.15) is 11.5 Å². The largest absolute Gasteiger partial charge is 0.497 e. The van der Waals surface area contributed by atoms with Crippen LogP contribution in [0, 0.1) is 0 Å². The number of ether oxygens (including phenoxy) is 2. The second-order valence-corrected chi connectivity index (χ2v) is 5.76. The van der Waals surface area contributed by atoms with Crippen LogP contribution >= 0.6 is 0 Å². The lowest BCUT2D eigenvalue weighted by molar-refractivity contribution is 0.108. The van der Waals surface area contributed by atoms with Gasteiger partial charge in [-0.05, 0) is 52.2 Å². The van der Waals surface area contributed by atoms with Gasteiger partial charge in [0.15, 0.2) is 0 Å². The molecular formula is C17H26N2O2. The molecule has 1 saturated heterocycles. The van der Waals surface area contributed by atoms with Crippen molar-refractivity contribution in [3.05, 3.63) is 23.8 Å². The minimum atomic E-state index is 0.493. The molecule has 4 nitrogen and oxygen atoms in total. The quantitative estimate of drug-likeness (QED) is 0.793. The number of rotatable bonds is 4. The Morgan fingerprint density at radius 3 is 2.38 bits per heavy atom. The fourth-order valence-electron chi connectivity index (χ4n) is 2.93. The Kier molecular flexibility index (Phi) is 5.10. The molecule has 21 heavy (non-hydrogen) atoms. The number of benzene rings is 1. The lowest BCUT2D eigenvalue weighted by atomic mass is 10.00. The summed E-state index contributed by atoms with van der Waals surface area (Å²) >= 11 is 0. The maximum atomic E-state index is 5.47. The molecular weight excluding hydrogens is 264 g/mol. The highest BCUT2D eigenvalue weighted by molar-refractivity contribution is 6.01. The van der Waals surface area contributed by atoms with Gasteiger partial charge in [0.05, 0.1) is 19.9 Å². The van der Waals surface area contributed by atoms with Crippen LogP contribution in [-0.2, 0) is 0 Å². The molecule has 0 saturated carbocycles. The van der Waals surface area contributed by atoms with E-state index in [0.717, 1.165) is 22.8 Å². The van der Waals surface area contributed by atoms with Crippen molar-refractivity contribution in [2.45, 2.75) is 52.1 Å². The standard InChI is InChI=1S/C17H26N2O2/c1-12-7-6-8-13(2)19(12)18-14(3)16-10-9-15(20-4)11-17(16)21-5/h9-13H,6-8H2,1-5H3/b18-14-. The lowest BCUT2D eigenvalue weighted by Crippen LogP contribution is -2.40. The molecule has 0 spiro atoms. The number of piperidine rings is 1. The Balaban J connectivity index is 2.29. The molecule has 0 bridgehead atoms. The van der Waals surface area contributed by atoms with Crippen LogP contribution in [0.25, 0.3) is 0 Å². The molecule has 2 unspecified atom stereocenters. The SMILES string of the molecule is COc1ccc(/C(C)=N\N2C(C)CCCC2C)c(OC)c1. The molecule has 1 heterocycles. The predicted molar refractivity (Wildman–Crippen MR) is 86.4 cm³/mol. The first kappa shape index (κ1) is 15.7. The van der Waals surface area contributed by atoms with Crippen molar-refractivity contribution in [3.63, 3.8) is 0 Å². The third-order valence-electron chi connectivity index (χ3n) is 4.21. The first-order valence-electron chi connectivity index (χ1n) is 7.62. The number of nitrogens with zero attached hydrogens (tertiary/aromatic N) is 2. The molecule has 1 fully saturated rings. The van der Waals surface area contributed by atoms with Crippen LogP contribution in [0.4, 0.5) is 0 Å². The topological polar surface area (TPSA) is 34.1 Å². The summed E-state index contributed by atoms with van der Waals surface area (Å²) in [5.41, 5.74) is 2.00. The fourth-order valence-corrected chi connectivity index (χ4v) is 2.93. The smallest absolute Gasteiger partial charge is 0.131 e. The van der Waals surface area contributed by atoms with Gasteiger partial charge in [0.2, 0.25) is 0 Å². The van der Waals surface area contributed by atoms with Crippen molar-refractivity contribution in [2.75, 3.05) is 14.2 Å². The van der Waals surface area contributed by atoms with Gasteiger partial charge < -0.3 is 9.47 Å². The normalized spacial score (nSPS) is 23.1. The van der Waals surface area contributed by atoms with Crippen LogP contribution in [-0.4, -0.2) is 37.0 Å². The van der Waals surface area contributed by atoms with E-state index < -0.39 is 0 Å². The van der Waals surface area contributed by atoms with Crippen molar-refractivity contribution in [1.82, 2.24) is 5.01 Å². The Morgan fingerprint density at radius 1 is 1.14 bits per heavy atom. The Bertz CT molecular complexity index is 504.